The first-order valence-corrected chi connectivity index (χ1v) is 9.32. The van der Waals surface area contributed by atoms with E-state index in [9.17, 15) is 0 Å². The highest BCUT2D eigenvalue weighted by Gasteiger charge is 2.23. The standard InChI is InChI=1S/C18H27Cl2NO.ClH/c1-2-3-4-5-7-12-21-13-8-6-9-18(21)22-15-10-11-16(19)17(20)14-15;/h10-11,14,18H,2-9,12-13H2,1H3;1H. The van der Waals surface area contributed by atoms with Crippen LogP contribution in [0.4, 0.5) is 0 Å². The van der Waals surface area contributed by atoms with E-state index < -0.39 is 0 Å². The Balaban J connectivity index is 0.00000264. The second-order valence-corrected chi connectivity index (χ2v) is 6.91. The summed E-state index contributed by atoms with van der Waals surface area (Å²) >= 11 is 12.0. The van der Waals surface area contributed by atoms with Crippen LogP contribution in [0.25, 0.3) is 0 Å². The van der Waals surface area contributed by atoms with Crippen LogP contribution in [0.3, 0.4) is 0 Å². The predicted octanol–water partition coefficient (Wildman–Crippen LogP) is 6.58. The largest absolute Gasteiger partial charge is 0.475 e. The molecule has 2 rings (SSSR count). The molecule has 1 heterocycles. The monoisotopic (exact) mass is 379 g/mol. The number of hydrogen-bond acceptors (Lipinski definition) is 2. The summed E-state index contributed by atoms with van der Waals surface area (Å²) in [6, 6.07) is 5.53. The first-order chi connectivity index (χ1) is 10.7. The smallest absolute Gasteiger partial charge is 0.152 e. The SMILES string of the molecule is CCCCCCCN1CCCCC1Oc1ccc(Cl)c(Cl)c1.Cl. The van der Waals surface area contributed by atoms with Gasteiger partial charge in [0.1, 0.15) is 5.75 Å². The lowest BCUT2D eigenvalue weighted by molar-refractivity contribution is -0.00473. The molecule has 2 nitrogen and oxygen atoms in total. The number of nitrogens with zero attached hydrogens (tertiary/aromatic N) is 1. The first kappa shape index (κ1) is 20.9. The summed E-state index contributed by atoms with van der Waals surface area (Å²) in [7, 11) is 0. The molecule has 1 aliphatic rings. The van der Waals surface area contributed by atoms with Crippen LogP contribution in [0, 0.1) is 0 Å². The van der Waals surface area contributed by atoms with Crippen LogP contribution >= 0.6 is 35.6 Å². The van der Waals surface area contributed by atoms with Gasteiger partial charge in [0.15, 0.2) is 6.23 Å². The molecule has 0 radical (unpaired) electrons. The molecule has 132 valence electrons. The summed E-state index contributed by atoms with van der Waals surface area (Å²) in [4.78, 5) is 2.48. The molecule has 1 unspecified atom stereocenters. The van der Waals surface area contributed by atoms with Crippen LogP contribution in [-0.4, -0.2) is 24.2 Å². The highest BCUT2D eigenvalue weighted by atomic mass is 35.5. The van der Waals surface area contributed by atoms with E-state index in [0.717, 1.165) is 25.3 Å². The second-order valence-electron chi connectivity index (χ2n) is 6.09. The van der Waals surface area contributed by atoms with E-state index in [0.29, 0.717) is 10.0 Å². The zero-order valence-electron chi connectivity index (χ0n) is 13.9. The Morgan fingerprint density at radius 3 is 2.61 bits per heavy atom. The number of benzene rings is 1. The van der Waals surface area contributed by atoms with Crippen molar-refractivity contribution in [2.75, 3.05) is 13.1 Å². The summed E-state index contributed by atoms with van der Waals surface area (Å²) in [6.07, 6.45) is 10.4. The Labute approximate surface area is 156 Å². The normalized spacial score (nSPS) is 18.5. The first-order valence-electron chi connectivity index (χ1n) is 8.56. The minimum absolute atomic E-state index is 0. The molecule has 1 atom stereocenters. The molecule has 0 spiro atoms. The van der Waals surface area contributed by atoms with Crippen molar-refractivity contribution in [3.63, 3.8) is 0 Å². The summed E-state index contributed by atoms with van der Waals surface area (Å²) in [5, 5.41) is 1.13. The minimum atomic E-state index is 0. The van der Waals surface area contributed by atoms with Crippen molar-refractivity contribution in [2.24, 2.45) is 0 Å². The average molecular weight is 381 g/mol. The van der Waals surface area contributed by atoms with Gasteiger partial charge in [0.05, 0.1) is 10.0 Å². The van der Waals surface area contributed by atoms with Crippen molar-refractivity contribution in [1.82, 2.24) is 4.90 Å². The molecule has 5 heteroatoms. The summed E-state index contributed by atoms with van der Waals surface area (Å²) in [5.74, 6) is 0.817. The van der Waals surface area contributed by atoms with Crippen molar-refractivity contribution in [3.05, 3.63) is 28.2 Å². The zero-order chi connectivity index (χ0) is 15.8. The van der Waals surface area contributed by atoms with Crippen LogP contribution < -0.4 is 4.74 Å². The average Bonchev–Trinajstić information content (AvgIpc) is 2.52. The fourth-order valence-corrected chi connectivity index (χ4v) is 3.26. The fraction of sp³-hybridized carbons (Fsp3) is 0.667. The number of hydrogen-bond donors (Lipinski definition) is 0. The summed E-state index contributed by atoms with van der Waals surface area (Å²) < 4.78 is 6.16. The molecule has 0 N–H and O–H groups in total. The summed E-state index contributed by atoms with van der Waals surface area (Å²) in [5.41, 5.74) is 0. The highest BCUT2D eigenvalue weighted by Crippen LogP contribution is 2.29. The van der Waals surface area contributed by atoms with Crippen LogP contribution in [0.1, 0.15) is 58.3 Å². The van der Waals surface area contributed by atoms with Crippen LogP contribution in [0.2, 0.25) is 10.0 Å². The number of unbranched alkanes of at least 4 members (excludes halogenated alkanes) is 4. The Bertz CT molecular complexity index is 456. The van der Waals surface area contributed by atoms with Crippen LogP contribution in [0.15, 0.2) is 18.2 Å². The third kappa shape index (κ3) is 7.09. The van der Waals surface area contributed by atoms with Crippen molar-refractivity contribution < 1.29 is 4.74 Å². The quantitative estimate of drug-likeness (QED) is 0.472. The van der Waals surface area contributed by atoms with E-state index in [1.807, 2.05) is 12.1 Å². The van der Waals surface area contributed by atoms with Gasteiger partial charge in [-0.1, -0.05) is 55.8 Å². The molecular weight excluding hydrogens is 353 g/mol. The number of halogens is 3. The molecule has 0 amide bonds. The van der Waals surface area contributed by atoms with Gasteiger partial charge in [-0.05, 0) is 37.8 Å². The molecular formula is C18H28Cl3NO. The van der Waals surface area contributed by atoms with Gasteiger partial charge in [-0.15, -0.1) is 12.4 Å². The van der Waals surface area contributed by atoms with Crippen molar-refractivity contribution in [2.45, 2.75) is 64.5 Å². The Morgan fingerprint density at radius 2 is 1.87 bits per heavy atom. The Morgan fingerprint density at radius 1 is 1.09 bits per heavy atom. The minimum Gasteiger partial charge on any atom is -0.475 e. The Hall–Kier alpha value is -0.150. The maximum absolute atomic E-state index is 6.16. The maximum Gasteiger partial charge on any atom is 0.152 e. The van der Waals surface area contributed by atoms with E-state index >= 15 is 0 Å². The number of rotatable bonds is 8. The predicted molar refractivity (Wildman–Crippen MR) is 102 cm³/mol. The van der Waals surface area contributed by atoms with Gasteiger partial charge < -0.3 is 4.74 Å². The fourth-order valence-electron chi connectivity index (χ4n) is 2.98. The van der Waals surface area contributed by atoms with Gasteiger partial charge in [-0.25, -0.2) is 0 Å². The molecule has 1 aliphatic heterocycles. The van der Waals surface area contributed by atoms with Gasteiger partial charge in [0.25, 0.3) is 0 Å². The van der Waals surface area contributed by atoms with Gasteiger partial charge in [-0.3, -0.25) is 4.90 Å². The van der Waals surface area contributed by atoms with Gasteiger partial charge in [0, 0.05) is 19.2 Å². The maximum atomic E-state index is 6.16. The molecule has 0 aromatic heterocycles. The van der Waals surface area contributed by atoms with Crippen molar-refractivity contribution >= 4 is 35.6 Å². The van der Waals surface area contributed by atoms with E-state index in [2.05, 4.69) is 11.8 Å². The van der Waals surface area contributed by atoms with Gasteiger partial charge >= 0.3 is 0 Å². The van der Waals surface area contributed by atoms with Crippen LogP contribution in [-0.2, 0) is 0 Å². The van der Waals surface area contributed by atoms with E-state index in [1.54, 1.807) is 6.07 Å². The molecule has 0 bridgehead atoms. The van der Waals surface area contributed by atoms with E-state index in [1.165, 1.54) is 44.9 Å². The van der Waals surface area contributed by atoms with Gasteiger partial charge in [-0.2, -0.15) is 0 Å². The molecule has 1 saturated heterocycles. The number of likely N-dealkylation sites (tertiary alicyclic amines) is 1. The lowest BCUT2D eigenvalue weighted by Gasteiger charge is -2.35. The van der Waals surface area contributed by atoms with Gasteiger partial charge in [0.2, 0.25) is 0 Å². The van der Waals surface area contributed by atoms with Crippen molar-refractivity contribution in [1.29, 1.82) is 0 Å². The Kier molecular flexibility index (Phi) is 10.4. The summed E-state index contributed by atoms with van der Waals surface area (Å²) in [6.45, 7) is 4.53. The molecule has 1 fully saturated rings. The second kappa shape index (κ2) is 11.4. The molecule has 1 aromatic rings. The molecule has 23 heavy (non-hydrogen) atoms. The zero-order valence-corrected chi connectivity index (χ0v) is 16.2. The lowest BCUT2D eigenvalue weighted by Crippen LogP contribution is -2.43. The number of ether oxygens (including phenoxy) is 1. The molecule has 0 aliphatic carbocycles. The highest BCUT2D eigenvalue weighted by molar-refractivity contribution is 6.42. The lowest BCUT2D eigenvalue weighted by atomic mass is 10.1. The molecule has 1 aromatic carbocycles. The van der Waals surface area contributed by atoms with Crippen molar-refractivity contribution in [3.8, 4) is 5.75 Å². The topological polar surface area (TPSA) is 12.5 Å². The molecule has 0 saturated carbocycles. The van der Waals surface area contributed by atoms with Crippen LogP contribution in [0.5, 0.6) is 5.75 Å². The number of piperidine rings is 1. The third-order valence-electron chi connectivity index (χ3n) is 4.27. The van der Waals surface area contributed by atoms with E-state index in [-0.39, 0.29) is 18.6 Å². The third-order valence-corrected chi connectivity index (χ3v) is 5.00. The van der Waals surface area contributed by atoms with E-state index in [4.69, 9.17) is 27.9 Å².